The van der Waals surface area contributed by atoms with Crippen molar-refractivity contribution in [1.82, 2.24) is 19.4 Å². The van der Waals surface area contributed by atoms with Crippen molar-refractivity contribution >= 4 is 15.9 Å². The van der Waals surface area contributed by atoms with E-state index in [0.29, 0.717) is 18.8 Å². The van der Waals surface area contributed by atoms with Crippen molar-refractivity contribution in [2.75, 3.05) is 25.4 Å². The second-order valence-electron chi connectivity index (χ2n) is 5.85. The minimum absolute atomic E-state index is 0.0481. The van der Waals surface area contributed by atoms with E-state index in [1.807, 2.05) is 0 Å². The van der Waals surface area contributed by atoms with Crippen molar-refractivity contribution < 1.29 is 26.4 Å². The molecule has 2 aromatic rings. The van der Waals surface area contributed by atoms with Crippen molar-refractivity contribution in [3.63, 3.8) is 0 Å². The summed E-state index contributed by atoms with van der Waals surface area (Å²) < 4.78 is 64.3. The zero-order valence-electron chi connectivity index (χ0n) is 15.4. The summed E-state index contributed by atoms with van der Waals surface area (Å²) in [5, 5.41) is 5.98. The highest BCUT2D eigenvalue weighted by Crippen LogP contribution is 2.27. The van der Waals surface area contributed by atoms with E-state index in [1.54, 1.807) is 13.8 Å². The highest BCUT2D eigenvalue weighted by molar-refractivity contribution is 7.89. The van der Waals surface area contributed by atoms with Crippen LogP contribution in [0.2, 0.25) is 0 Å². The van der Waals surface area contributed by atoms with Crippen LogP contribution in [0.15, 0.2) is 36.5 Å². The maximum atomic E-state index is 12.6. The third-order valence-electron chi connectivity index (χ3n) is 4.02. The maximum Gasteiger partial charge on any atom is 0.435 e. The lowest BCUT2D eigenvalue weighted by Crippen LogP contribution is -2.37. The fourth-order valence-electron chi connectivity index (χ4n) is 2.53. The van der Waals surface area contributed by atoms with Crippen LogP contribution in [0.5, 0.6) is 0 Å². The second-order valence-corrected chi connectivity index (χ2v) is 7.93. The number of aromatic nitrogens is 2. The van der Waals surface area contributed by atoms with Crippen LogP contribution in [-0.4, -0.2) is 53.8 Å². The molecule has 28 heavy (non-hydrogen) atoms. The molecule has 7 nitrogen and oxygen atoms in total. The first-order chi connectivity index (χ1) is 13.1. The predicted molar refractivity (Wildman–Crippen MR) is 97.6 cm³/mol. The van der Waals surface area contributed by atoms with Crippen LogP contribution >= 0.6 is 0 Å². The zero-order valence-corrected chi connectivity index (χ0v) is 16.2. The first-order valence-electron chi connectivity index (χ1n) is 8.57. The van der Waals surface area contributed by atoms with Crippen molar-refractivity contribution in [1.29, 1.82) is 0 Å². The molecule has 1 heterocycles. The summed E-state index contributed by atoms with van der Waals surface area (Å²) in [5.74, 6) is -0.691. The fourth-order valence-corrected chi connectivity index (χ4v) is 3.93. The van der Waals surface area contributed by atoms with Crippen molar-refractivity contribution in [3.05, 3.63) is 47.8 Å². The number of nitrogens with one attached hydrogen (secondary N) is 1. The lowest BCUT2D eigenvalue weighted by molar-refractivity contribution is -0.141. The van der Waals surface area contributed by atoms with Gasteiger partial charge >= 0.3 is 6.18 Å². The molecule has 1 amide bonds. The molecule has 1 aromatic carbocycles. The van der Waals surface area contributed by atoms with E-state index < -0.39 is 27.8 Å². The van der Waals surface area contributed by atoms with Gasteiger partial charge in [0.05, 0.1) is 11.4 Å². The number of halogens is 3. The first-order valence-corrected chi connectivity index (χ1v) is 10.2. The van der Waals surface area contributed by atoms with Crippen LogP contribution in [0.3, 0.4) is 0 Å². The van der Waals surface area contributed by atoms with E-state index in [2.05, 4.69) is 10.4 Å². The molecule has 2 rings (SSSR count). The molecule has 11 heteroatoms. The van der Waals surface area contributed by atoms with Gasteiger partial charge < -0.3 is 5.32 Å². The highest BCUT2D eigenvalue weighted by atomic mass is 32.2. The average Bonchev–Trinajstić information content (AvgIpc) is 3.13. The van der Waals surface area contributed by atoms with Gasteiger partial charge in [0.15, 0.2) is 5.69 Å². The molecule has 0 saturated heterocycles. The molecule has 1 N–H and O–H groups in total. The van der Waals surface area contributed by atoms with Crippen molar-refractivity contribution in [2.24, 2.45) is 0 Å². The maximum absolute atomic E-state index is 12.6. The highest BCUT2D eigenvalue weighted by Gasteiger charge is 2.33. The fraction of sp³-hybridized carbons (Fsp3) is 0.412. The number of hydrogen-bond acceptors (Lipinski definition) is 4. The Hall–Kier alpha value is -2.40. The van der Waals surface area contributed by atoms with Gasteiger partial charge in [0.25, 0.3) is 5.91 Å². The Morgan fingerprint density at radius 1 is 1.14 bits per heavy atom. The van der Waals surface area contributed by atoms with Gasteiger partial charge in [-0.05, 0) is 30.3 Å². The number of hydrogen-bond donors (Lipinski definition) is 1. The molecule has 0 saturated carbocycles. The van der Waals surface area contributed by atoms with Crippen molar-refractivity contribution in [3.8, 4) is 5.69 Å². The molecule has 0 spiro atoms. The van der Waals surface area contributed by atoms with E-state index >= 15 is 0 Å². The summed E-state index contributed by atoms with van der Waals surface area (Å²) in [7, 11) is -3.44. The molecule has 0 bridgehead atoms. The molecule has 1 aromatic heterocycles. The monoisotopic (exact) mass is 418 g/mol. The number of amides is 1. The standard InChI is InChI=1S/C17H21F3N4O3S/c1-3-23(4-2)28(26,27)12-10-21-16(25)13-5-7-14(8-6-13)24-11-9-15(22-24)17(18,19)20/h5-9,11H,3-4,10,12H2,1-2H3,(H,21,25). The molecule has 0 aliphatic rings. The lowest BCUT2D eigenvalue weighted by atomic mass is 10.2. The number of carbonyl (C=O) groups is 1. The van der Waals surface area contributed by atoms with Crippen LogP contribution in [0.4, 0.5) is 13.2 Å². The molecular formula is C17H21F3N4O3S. The Morgan fingerprint density at radius 2 is 1.75 bits per heavy atom. The summed E-state index contributed by atoms with van der Waals surface area (Å²) in [6, 6.07) is 6.62. The molecule has 154 valence electrons. The Bertz CT molecular complexity index is 904. The van der Waals surface area contributed by atoms with E-state index in [9.17, 15) is 26.4 Å². The summed E-state index contributed by atoms with van der Waals surface area (Å²) in [5.41, 5.74) is -0.396. The molecule has 0 aliphatic heterocycles. The molecule has 0 radical (unpaired) electrons. The van der Waals surface area contributed by atoms with Crippen LogP contribution in [-0.2, 0) is 16.2 Å². The van der Waals surface area contributed by atoms with Gasteiger partial charge in [0.1, 0.15) is 0 Å². The van der Waals surface area contributed by atoms with Crippen LogP contribution in [0.25, 0.3) is 5.69 Å². The van der Waals surface area contributed by atoms with Gasteiger partial charge in [-0.15, -0.1) is 0 Å². The number of nitrogens with zero attached hydrogens (tertiary/aromatic N) is 3. The number of benzene rings is 1. The zero-order chi connectivity index (χ0) is 20.9. The van der Waals surface area contributed by atoms with E-state index in [0.717, 1.165) is 10.7 Å². The Balaban J connectivity index is 1.98. The first kappa shape index (κ1) is 21.9. The Labute approximate surface area is 161 Å². The van der Waals surface area contributed by atoms with Gasteiger partial charge in [-0.25, -0.2) is 17.4 Å². The number of carbonyl (C=O) groups excluding carboxylic acids is 1. The van der Waals surface area contributed by atoms with Gasteiger partial charge in [0, 0.05) is 31.4 Å². The van der Waals surface area contributed by atoms with Crippen LogP contribution in [0.1, 0.15) is 29.9 Å². The molecular weight excluding hydrogens is 397 g/mol. The summed E-state index contributed by atoms with van der Waals surface area (Å²) in [6.07, 6.45) is -3.35. The topological polar surface area (TPSA) is 84.3 Å². The largest absolute Gasteiger partial charge is 0.435 e. The van der Waals surface area contributed by atoms with Crippen molar-refractivity contribution in [2.45, 2.75) is 20.0 Å². The molecule has 0 unspecified atom stereocenters. The van der Waals surface area contributed by atoms with Gasteiger partial charge in [0.2, 0.25) is 10.0 Å². The minimum Gasteiger partial charge on any atom is -0.351 e. The van der Waals surface area contributed by atoms with Gasteiger partial charge in [-0.1, -0.05) is 13.8 Å². The van der Waals surface area contributed by atoms with E-state index in [-0.39, 0.29) is 17.9 Å². The van der Waals surface area contributed by atoms with E-state index in [4.69, 9.17) is 0 Å². The quantitative estimate of drug-likeness (QED) is 0.713. The Morgan fingerprint density at radius 3 is 2.25 bits per heavy atom. The summed E-state index contributed by atoms with van der Waals surface area (Å²) >= 11 is 0. The lowest BCUT2D eigenvalue weighted by Gasteiger charge is -2.18. The minimum atomic E-state index is -4.53. The smallest absolute Gasteiger partial charge is 0.351 e. The summed E-state index contributed by atoms with van der Waals surface area (Å²) in [6.45, 7) is 4.14. The predicted octanol–water partition coefficient (Wildman–Crippen LogP) is 2.29. The van der Waals surface area contributed by atoms with Gasteiger partial charge in [-0.2, -0.15) is 18.3 Å². The molecule has 0 atom stereocenters. The molecule has 0 aliphatic carbocycles. The number of alkyl halides is 3. The second kappa shape index (κ2) is 8.74. The third kappa shape index (κ3) is 5.32. The Kier molecular flexibility index (Phi) is 6.83. The third-order valence-corrected chi connectivity index (χ3v) is 6.04. The molecule has 0 fully saturated rings. The number of sulfonamides is 1. The normalized spacial score (nSPS) is 12.4. The van der Waals surface area contributed by atoms with E-state index in [1.165, 1.54) is 34.8 Å². The van der Waals surface area contributed by atoms with Crippen LogP contribution < -0.4 is 5.32 Å². The summed E-state index contributed by atoms with van der Waals surface area (Å²) in [4.78, 5) is 12.1. The van der Waals surface area contributed by atoms with Gasteiger partial charge in [-0.3, -0.25) is 4.79 Å². The number of rotatable bonds is 8. The SMILES string of the molecule is CCN(CC)S(=O)(=O)CCNC(=O)c1ccc(-n2ccc(C(F)(F)F)n2)cc1. The average molecular weight is 418 g/mol. The van der Waals surface area contributed by atoms with Crippen LogP contribution in [0, 0.1) is 0 Å².